The zero-order valence-electron chi connectivity index (χ0n) is 9.95. The van der Waals surface area contributed by atoms with Crippen LogP contribution in [0.15, 0.2) is 48.5 Å². The van der Waals surface area contributed by atoms with E-state index in [-0.39, 0.29) is 0 Å². The number of benzene rings is 2. The number of para-hydroxylation sites is 1. The fraction of sp³-hybridized carbons (Fsp3) is 0.0714. The zero-order chi connectivity index (χ0) is 14.8. The van der Waals surface area contributed by atoms with E-state index < -0.39 is 34.8 Å². The van der Waals surface area contributed by atoms with Crippen molar-refractivity contribution in [3.8, 4) is 5.75 Å². The van der Waals surface area contributed by atoms with Gasteiger partial charge in [-0.15, -0.1) is 0 Å². The summed E-state index contributed by atoms with van der Waals surface area (Å²) in [5.41, 5.74) is -1.52. The molecule has 0 fully saturated rings. The second-order valence-electron chi connectivity index (χ2n) is 3.86. The Balaban J connectivity index is 2.32. The average molecular weight is 284 g/mol. The number of esters is 1. The SMILES string of the molecule is O=C(Oc1ccccc1C(F)(F)F)c1ccccc1F. The first-order valence-electron chi connectivity index (χ1n) is 5.52. The van der Waals surface area contributed by atoms with Gasteiger partial charge in [0.1, 0.15) is 11.6 Å². The topological polar surface area (TPSA) is 26.3 Å². The van der Waals surface area contributed by atoms with Crippen LogP contribution in [0.1, 0.15) is 15.9 Å². The third-order valence-corrected chi connectivity index (χ3v) is 2.49. The van der Waals surface area contributed by atoms with Gasteiger partial charge in [-0.3, -0.25) is 0 Å². The summed E-state index contributed by atoms with van der Waals surface area (Å²) in [5, 5.41) is 0. The summed E-state index contributed by atoms with van der Waals surface area (Å²) in [4.78, 5) is 11.7. The van der Waals surface area contributed by atoms with Crippen LogP contribution in [0, 0.1) is 5.82 Å². The molecule has 2 rings (SSSR count). The van der Waals surface area contributed by atoms with Crippen molar-refractivity contribution < 1.29 is 27.1 Å². The monoisotopic (exact) mass is 284 g/mol. The predicted molar refractivity (Wildman–Crippen MR) is 62.8 cm³/mol. The van der Waals surface area contributed by atoms with Crippen LogP contribution in [0.25, 0.3) is 0 Å². The lowest BCUT2D eigenvalue weighted by Gasteiger charge is -2.12. The number of hydrogen-bond acceptors (Lipinski definition) is 2. The quantitative estimate of drug-likeness (QED) is 0.472. The second-order valence-corrected chi connectivity index (χ2v) is 3.86. The number of halogens is 4. The first kappa shape index (κ1) is 14.0. The van der Waals surface area contributed by atoms with Crippen molar-refractivity contribution in [2.75, 3.05) is 0 Å². The Morgan fingerprint density at radius 2 is 1.55 bits per heavy atom. The Bertz CT molecular complexity index is 635. The third-order valence-electron chi connectivity index (χ3n) is 2.49. The van der Waals surface area contributed by atoms with Crippen molar-refractivity contribution in [1.29, 1.82) is 0 Å². The molecule has 0 atom stereocenters. The van der Waals surface area contributed by atoms with E-state index in [9.17, 15) is 22.4 Å². The minimum absolute atomic E-state index is 0.426. The van der Waals surface area contributed by atoms with Gasteiger partial charge < -0.3 is 4.74 Å². The maximum atomic E-state index is 13.4. The van der Waals surface area contributed by atoms with Gasteiger partial charge in [-0.25, -0.2) is 9.18 Å². The van der Waals surface area contributed by atoms with Crippen molar-refractivity contribution in [3.05, 3.63) is 65.5 Å². The van der Waals surface area contributed by atoms with Crippen molar-refractivity contribution in [1.82, 2.24) is 0 Å². The molecule has 104 valence electrons. The van der Waals surface area contributed by atoms with Crippen LogP contribution in [0.2, 0.25) is 0 Å². The van der Waals surface area contributed by atoms with Crippen LogP contribution in [0.3, 0.4) is 0 Å². The molecule has 0 saturated heterocycles. The molecule has 0 aliphatic carbocycles. The first-order chi connectivity index (χ1) is 9.39. The molecule has 2 aromatic rings. The zero-order valence-corrected chi connectivity index (χ0v) is 9.95. The molecule has 0 heterocycles. The maximum Gasteiger partial charge on any atom is 0.419 e. The molecule has 0 unspecified atom stereocenters. The Morgan fingerprint density at radius 3 is 2.20 bits per heavy atom. The maximum absolute atomic E-state index is 13.4. The molecule has 6 heteroatoms. The normalized spacial score (nSPS) is 11.2. The van der Waals surface area contributed by atoms with E-state index in [1.807, 2.05) is 0 Å². The van der Waals surface area contributed by atoms with Gasteiger partial charge in [0.05, 0.1) is 11.1 Å². The highest BCUT2D eigenvalue weighted by molar-refractivity contribution is 5.91. The molecule has 0 aliphatic heterocycles. The van der Waals surface area contributed by atoms with Crippen LogP contribution in [-0.4, -0.2) is 5.97 Å². The highest BCUT2D eigenvalue weighted by atomic mass is 19.4. The van der Waals surface area contributed by atoms with Crippen LogP contribution >= 0.6 is 0 Å². The first-order valence-corrected chi connectivity index (χ1v) is 5.52. The molecule has 0 amide bonds. The lowest BCUT2D eigenvalue weighted by molar-refractivity contribution is -0.138. The van der Waals surface area contributed by atoms with E-state index >= 15 is 0 Å². The Labute approximate surface area is 111 Å². The molecule has 0 saturated carbocycles. The standard InChI is InChI=1S/C14H8F4O2/c15-11-7-3-1-5-9(11)13(19)20-12-8-4-2-6-10(12)14(16,17)18/h1-8H. The summed E-state index contributed by atoms with van der Waals surface area (Å²) in [7, 11) is 0. The van der Waals surface area contributed by atoms with Gasteiger partial charge in [-0.05, 0) is 24.3 Å². The lowest BCUT2D eigenvalue weighted by atomic mass is 10.2. The molecule has 0 N–H and O–H groups in total. The molecule has 0 spiro atoms. The van der Waals surface area contributed by atoms with Crippen LogP contribution in [-0.2, 0) is 6.18 Å². The third kappa shape index (κ3) is 2.96. The van der Waals surface area contributed by atoms with E-state index in [2.05, 4.69) is 4.74 Å². The smallest absolute Gasteiger partial charge is 0.419 e. The molecule has 0 aliphatic rings. The summed E-state index contributed by atoms with van der Waals surface area (Å²) in [6, 6.07) is 9.14. The molecule has 2 aromatic carbocycles. The molecule has 0 aromatic heterocycles. The summed E-state index contributed by atoms with van der Waals surface area (Å²) in [6.07, 6.45) is -4.66. The van der Waals surface area contributed by atoms with Crippen molar-refractivity contribution in [2.45, 2.75) is 6.18 Å². The molecular formula is C14H8F4O2. The van der Waals surface area contributed by atoms with Gasteiger partial charge in [0.15, 0.2) is 0 Å². The van der Waals surface area contributed by atoms with Gasteiger partial charge in [0.2, 0.25) is 0 Å². The van der Waals surface area contributed by atoms with E-state index in [0.717, 1.165) is 24.3 Å². The lowest BCUT2D eigenvalue weighted by Crippen LogP contribution is -2.14. The van der Waals surface area contributed by atoms with Crippen LogP contribution < -0.4 is 4.74 Å². The Kier molecular flexibility index (Phi) is 3.74. The van der Waals surface area contributed by atoms with Gasteiger partial charge in [0, 0.05) is 0 Å². The van der Waals surface area contributed by atoms with Crippen molar-refractivity contribution in [3.63, 3.8) is 0 Å². The number of rotatable bonds is 2. The summed E-state index contributed by atoms with van der Waals surface area (Å²) in [5.74, 6) is -2.70. The molecular weight excluding hydrogens is 276 g/mol. The number of carbonyl (C=O) groups is 1. The highest BCUT2D eigenvalue weighted by Crippen LogP contribution is 2.36. The number of hydrogen-bond donors (Lipinski definition) is 0. The fourth-order valence-electron chi connectivity index (χ4n) is 1.57. The number of carbonyl (C=O) groups excluding carboxylic acids is 1. The van der Waals surface area contributed by atoms with E-state index in [1.165, 1.54) is 24.3 Å². The summed E-state index contributed by atoms with van der Waals surface area (Å²) < 4.78 is 56.1. The van der Waals surface area contributed by atoms with Crippen molar-refractivity contribution >= 4 is 5.97 Å². The molecule has 0 bridgehead atoms. The van der Waals surface area contributed by atoms with Gasteiger partial charge in [-0.2, -0.15) is 13.2 Å². The second kappa shape index (κ2) is 5.32. The molecule has 0 radical (unpaired) electrons. The minimum Gasteiger partial charge on any atom is -0.422 e. The van der Waals surface area contributed by atoms with Crippen LogP contribution in [0.5, 0.6) is 5.75 Å². The van der Waals surface area contributed by atoms with E-state index in [1.54, 1.807) is 0 Å². The van der Waals surface area contributed by atoms with E-state index in [4.69, 9.17) is 0 Å². The Morgan fingerprint density at radius 1 is 0.950 bits per heavy atom. The molecule has 20 heavy (non-hydrogen) atoms. The van der Waals surface area contributed by atoms with Gasteiger partial charge in [0.25, 0.3) is 0 Å². The van der Waals surface area contributed by atoms with Gasteiger partial charge in [-0.1, -0.05) is 24.3 Å². The summed E-state index contributed by atoms with van der Waals surface area (Å²) in [6.45, 7) is 0. The average Bonchev–Trinajstić information content (AvgIpc) is 2.38. The van der Waals surface area contributed by atoms with Crippen molar-refractivity contribution in [2.24, 2.45) is 0 Å². The fourth-order valence-corrected chi connectivity index (χ4v) is 1.57. The Hall–Kier alpha value is -2.37. The largest absolute Gasteiger partial charge is 0.422 e. The predicted octanol–water partition coefficient (Wildman–Crippen LogP) is 4.06. The van der Waals surface area contributed by atoms with E-state index in [0.29, 0.717) is 0 Å². The highest BCUT2D eigenvalue weighted by Gasteiger charge is 2.34. The number of ether oxygens (including phenoxy) is 1. The molecule has 2 nitrogen and oxygen atoms in total. The minimum atomic E-state index is -4.66. The number of alkyl halides is 3. The van der Waals surface area contributed by atoms with Gasteiger partial charge >= 0.3 is 12.1 Å². The summed E-state index contributed by atoms with van der Waals surface area (Å²) >= 11 is 0. The van der Waals surface area contributed by atoms with Crippen LogP contribution in [0.4, 0.5) is 17.6 Å².